The van der Waals surface area contributed by atoms with Crippen molar-refractivity contribution < 1.29 is 5.11 Å². The summed E-state index contributed by atoms with van der Waals surface area (Å²) >= 11 is 12.3. The van der Waals surface area contributed by atoms with E-state index in [1.165, 1.54) is 6.42 Å². The Morgan fingerprint density at radius 2 is 2.06 bits per heavy atom. The topological polar surface area (TPSA) is 20.2 Å². The van der Waals surface area contributed by atoms with Crippen molar-refractivity contribution in [1.29, 1.82) is 0 Å². The highest BCUT2D eigenvalue weighted by atomic mass is 35.5. The second-order valence-electron chi connectivity index (χ2n) is 5.76. The molecule has 1 aromatic carbocycles. The van der Waals surface area contributed by atoms with Gasteiger partial charge in [-0.3, -0.25) is 0 Å². The van der Waals surface area contributed by atoms with Crippen LogP contribution in [-0.4, -0.2) is 5.11 Å². The van der Waals surface area contributed by atoms with Crippen molar-refractivity contribution in [3.05, 3.63) is 33.8 Å². The Morgan fingerprint density at radius 3 is 2.72 bits per heavy atom. The Labute approximate surface area is 119 Å². The highest BCUT2D eigenvalue weighted by Crippen LogP contribution is 2.45. The van der Waals surface area contributed by atoms with Gasteiger partial charge in [-0.25, -0.2) is 0 Å². The van der Waals surface area contributed by atoms with Crippen LogP contribution in [0.4, 0.5) is 0 Å². The number of hydrogen-bond donors (Lipinski definition) is 1. The summed E-state index contributed by atoms with van der Waals surface area (Å²) in [5.41, 5.74) is -0.0168. The quantitative estimate of drug-likeness (QED) is 0.809. The summed E-state index contributed by atoms with van der Waals surface area (Å²) in [5, 5.41) is 12.2. The van der Waals surface area contributed by atoms with Crippen LogP contribution in [0, 0.1) is 11.8 Å². The van der Waals surface area contributed by atoms with Crippen LogP contribution < -0.4 is 0 Å². The summed E-state index contributed by atoms with van der Waals surface area (Å²) < 4.78 is 0. The molecule has 1 N–H and O–H groups in total. The Bertz CT molecular complexity index is 431. The van der Waals surface area contributed by atoms with Crippen LogP contribution in [0.1, 0.15) is 45.1 Å². The summed E-state index contributed by atoms with van der Waals surface area (Å²) in [6.07, 6.45) is 3.79. The average molecular weight is 287 g/mol. The third-order valence-electron chi connectivity index (χ3n) is 4.14. The van der Waals surface area contributed by atoms with Gasteiger partial charge in [-0.05, 0) is 55.7 Å². The van der Waals surface area contributed by atoms with Gasteiger partial charge in [0.2, 0.25) is 0 Å². The van der Waals surface area contributed by atoms with Gasteiger partial charge < -0.3 is 5.11 Å². The lowest BCUT2D eigenvalue weighted by atomic mass is 9.71. The Kier molecular flexibility index (Phi) is 4.25. The van der Waals surface area contributed by atoms with E-state index in [1.54, 1.807) is 12.1 Å². The maximum atomic E-state index is 10.9. The van der Waals surface area contributed by atoms with Crippen molar-refractivity contribution in [2.75, 3.05) is 0 Å². The van der Waals surface area contributed by atoms with Crippen molar-refractivity contribution in [1.82, 2.24) is 0 Å². The third-order valence-corrected chi connectivity index (χ3v) is 4.70. The SMILES string of the molecule is CC(C)C1CCCC(O)(c2cc(Cl)ccc2Cl)C1. The summed E-state index contributed by atoms with van der Waals surface area (Å²) in [6.45, 7) is 4.44. The molecule has 0 radical (unpaired) electrons. The van der Waals surface area contributed by atoms with Crippen molar-refractivity contribution in [2.24, 2.45) is 11.8 Å². The normalized spacial score (nSPS) is 28.7. The fourth-order valence-corrected chi connectivity index (χ4v) is 3.43. The monoisotopic (exact) mass is 286 g/mol. The van der Waals surface area contributed by atoms with Crippen LogP contribution in [0.15, 0.2) is 18.2 Å². The Morgan fingerprint density at radius 1 is 1.33 bits per heavy atom. The molecule has 0 heterocycles. The van der Waals surface area contributed by atoms with E-state index in [1.807, 2.05) is 6.07 Å². The first-order valence-corrected chi connectivity index (χ1v) is 7.36. The standard InChI is InChI=1S/C15H20Cl2O/c1-10(2)11-4-3-7-15(18,9-11)13-8-12(16)5-6-14(13)17/h5-6,8,10-11,18H,3-4,7,9H2,1-2H3. The molecule has 2 unspecified atom stereocenters. The molecule has 1 aliphatic rings. The number of rotatable bonds is 2. The van der Waals surface area contributed by atoms with Crippen LogP contribution in [0.5, 0.6) is 0 Å². The van der Waals surface area contributed by atoms with E-state index in [4.69, 9.17) is 23.2 Å². The summed E-state index contributed by atoms with van der Waals surface area (Å²) in [4.78, 5) is 0. The molecule has 3 heteroatoms. The van der Waals surface area contributed by atoms with Crippen LogP contribution in [0.2, 0.25) is 10.0 Å². The van der Waals surface area contributed by atoms with E-state index < -0.39 is 5.60 Å². The van der Waals surface area contributed by atoms with Gasteiger partial charge in [0.15, 0.2) is 0 Å². The van der Waals surface area contributed by atoms with E-state index in [9.17, 15) is 5.11 Å². The molecule has 0 aliphatic heterocycles. The van der Waals surface area contributed by atoms with Gasteiger partial charge >= 0.3 is 0 Å². The van der Waals surface area contributed by atoms with Crippen LogP contribution >= 0.6 is 23.2 Å². The van der Waals surface area contributed by atoms with Crippen molar-refractivity contribution in [2.45, 2.75) is 45.1 Å². The molecular formula is C15H20Cl2O. The van der Waals surface area contributed by atoms with Crippen LogP contribution in [0.25, 0.3) is 0 Å². The maximum Gasteiger partial charge on any atom is 0.0914 e. The molecule has 0 spiro atoms. The van der Waals surface area contributed by atoms with Gasteiger partial charge in [-0.2, -0.15) is 0 Å². The molecule has 1 aliphatic carbocycles. The lowest BCUT2D eigenvalue weighted by Crippen LogP contribution is -2.34. The van der Waals surface area contributed by atoms with Crippen molar-refractivity contribution in [3.8, 4) is 0 Å². The highest BCUT2D eigenvalue weighted by molar-refractivity contribution is 6.33. The molecule has 0 amide bonds. The molecule has 2 atom stereocenters. The minimum absolute atomic E-state index is 0.554. The van der Waals surface area contributed by atoms with Crippen LogP contribution in [0.3, 0.4) is 0 Å². The zero-order valence-corrected chi connectivity index (χ0v) is 12.4. The highest BCUT2D eigenvalue weighted by Gasteiger charge is 2.38. The summed E-state index contributed by atoms with van der Waals surface area (Å²) in [5.74, 6) is 1.15. The molecule has 1 saturated carbocycles. The van der Waals surface area contributed by atoms with E-state index >= 15 is 0 Å². The second kappa shape index (κ2) is 5.40. The smallest absolute Gasteiger partial charge is 0.0914 e. The van der Waals surface area contributed by atoms with Crippen LogP contribution in [-0.2, 0) is 5.60 Å². The minimum Gasteiger partial charge on any atom is -0.385 e. The van der Waals surface area contributed by atoms with E-state index in [0.717, 1.165) is 24.8 Å². The average Bonchev–Trinajstić information content (AvgIpc) is 2.32. The zero-order chi connectivity index (χ0) is 13.3. The molecule has 100 valence electrons. The number of halogens is 2. The molecule has 1 fully saturated rings. The van der Waals surface area contributed by atoms with Gasteiger partial charge in [0.05, 0.1) is 5.60 Å². The second-order valence-corrected chi connectivity index (χ2v) is 6.60. The Balaban J connectivity index is 2.32. The van der Waals surface area contributed by atoms with E-state index in [-0.39, 0.29) is 0 Å². The summed E-state index contributed by atoms with van der Waals surface area (Å²) in [7, 11) is 0. The fraction of sp³-hybridized carbons (Fsp3) is 0.600. The predicted octanol–water partition coefficient (Wildman–Crippen LogP) is 5.03. The van der Waals surface area contributed by atoms with Gasteiger partial charge in [-0.1, -0.05) is 37.0 Å². The maximum absolute atomic E-state index is 10.9. The van der Waals surface area contributed by atoms with Gasteiger partial charge in [0, 0.05) is 15.6 Å². The summed E-state index contributed by atoms with van der Waals surface area (Å²) in [6, 6.07) is 5.35. The minimum atomic E-state index is -0.810. The molecular weight excluding hydrogens is 267 g/mol. The molecule has 1 aromatic rings. The Hall–Kier alpha value is -0.240. The third kappa shape index (κ3) is 2.84. The first-order chi connectivity index (χ1) is 8.42. The van der Waals surface area contributed by atoms with Crippen molar-refractivity contribution >= 4 is 23.2 Å². The van der Waals surface area contributed by atoms with Gasteiger partial charge in [0.1, 0.15) is 0 Å². The molecule has 0 saturated heterocycles. The number of hydrogen-bond acceptors (Lipinski definition) is 1. The first kappa shape index (κ1) is 14.2. The molecule has 18 heavy (non-hydrogen) atoms. The molecule has 0 aromatic heterocycles. The number of aliphatic hydroxyl groups is 1. The molecule has 2 rings (SSSR count). The predicted molar refractivity (Wildman–Crippen MR) is 77.2 cm³/mol. The van der Waals surface area contributed by atoms with Gasteiger partial charge in [0.25, 0.3) is 0 Å². The number of benzene rings is 1. The lowest BCUT2D eigenvalue weighted by Gasteiger charge is -2.39. The van der Waals surface area contributed by atoms with E-state index in [2.05, 4.69) is 13.8 Å². The first-order valence-electron chi connectivity index (χ1n) is 6.60. The zero-order valence-electron chi connectivity index (χ0n) is 10.9. The van der Waals surface area contributed by atoms with E-state index in [0.29, 0.717) is 21.9 Å². The van der Waals surface area contributed by atoms with Crippen molar-refractivity contribution in [3.63, 3.8) is 0 Å². The molecule has 1 nitrogen and oxygen atoms in total. The molecule has 0 bridgehead atoms. The lowest BCUT2D eigenvalue weighted by molar-refractivity contribution is -0.0294. The van der Waals surface area contributed by atoms with Gasteiger partial charge in [-0.15, -0.1) is 0 Å². The fourth-order valence-electron chi connectivity index (χ4n) is 2.96. The largest absolute Gasteiger partial charge is 0.385 e.